The van der Waals surface area contributed by atoms with Crippen molar-refractivity contribution in [1.29, 1.82) is 0 Å². The van der Waals surface area contributed by atoms with E-state index in [1.807, 2.05) is 22.9 Å². The summed E-state index contributed by atoms with van der Waals surface area (Å²) in [5.74, 6) is -0.366. The van der Waals surface area contributed by atoms with Crippen molar-refractivity contribution in [2.24, 2.45) is 0 Å². The molecule has 5 rings (SSSR count). The Morgan fingerprint density at radius 3 is 2.63 bits per heavy atom. The van der Waals surface area contributed by atoms with E-state index in [1.165, 1.54) is 0 Å². The van der Waals surface area contributed by atoms with Crippen LogP contribution >= 0.6 is 23.2 Å². The molecule has 1 N–H and O–H groups in total. The van der Waals surface area contributed by atoms with Crippen LogP contribution in [-0.2, 0) is 11.0 Å². The second-order valence-electron chi connectivity index (χ2n) is 12.5. The lowest BCUT2D eigenvalue weighted by Gasteiger charge is -2.40. The van der Waals surface area contributed by atoms with Crippen LogP contribution in [0.4, 0.5) is 10.1 Å². The average molecular weight is 579 g/mol. The normalized spacial score (nSPS) is 22.6. The third kappa shape index (κ3) is 4.39. The first-order valence-corrected chi connectivity index (χ1v) is 17.2. The monoisotopic (exact) mass is 577 g/mol. The quantitative estimate of drug-likeness (QED) is 0.214. The predicted molar refractivity (Wildman–Crippen MR) is 156 cm³/mol. The van der Waals surface area contributed by atoms with Crippen molar-refractivity contribution in [3.05, 3.63) is 63.2 Å². The van der Waals surface area contributed by atoms with E-state index in [0.717, 1.165) is 34.4 Å². The second-order valence-corrected chi connectivity index (χ2v) is 18.3. The fourth-order valence-electron chi connectivity index (χ4n) is 5.73. The van der Waals surface area contributed by atoms with E-state index in [1.54, 1.807) is 11.0 Å². The molecule has 0 saturated carbocycles. The Kier molecular flexibility index (Phi) is 7.18. The fourth-order valence-corrected chi connectivity index (χ4v) is 7.20. The lowest BCUT2D eigenvalue weighted by Crippen LogP contribution is -2.41. The molecule has 0 fully saturated rings. The standard InChI is InChI=1S/C29H38Cl2FN3O2Si/c1-16(2)25-22-24(33-34(25)13-8-14-37-38(6,7)29(3,4)5)28(36)35-26(22)18-10-9-17(30)15-20(18)19-11-12-21(31)23(32)27(19)35/h9-12,16-17,26,28,36H,8,13-15H2,1-7H3. The third-order valence-corrected chi connectivity index (χ3v) is 13.8. The zero-order valence-electron chi connectivity index (χ0n) is 23.3. The number of alkyl halides is 1. The molecule has 2 aromatic rings. The molecule has 1 aromatic carbocycles. The van der Waals surface area contributed by atoms with Gasteiger partial charge in [0.15, 0.2) is 20.4 Å². The van der Waals surface area contributed by atoms with Crippen LogP contribution in [0.2, 0.25) is 23.2 Å². The first kappa shape index (κ1) is 27.9. The van der Waals surface area contributed by atoms with Gasteiger partial charge in [-0.2, -0.15) is 5.10 Å². The number of aryl methyl sites for hydroxylation is 1. The van der Waals surface area contributed by atoms with Gasteiger partial charge in [-0.1, -0.05) is 64.4 Å². The van der Waals surface area contributed by atoms with Crippen molar-refractivity contribution in [1.82, 2.24) is 9.78 Å². The summed E-state index contributed by atoms with van der Waals surface area (Å²) in [6.07, 6.45) is 4.36. The van der Waals surface area contributed by atoms with E-state index in [4.69, 9.17) is 32.7 Å². The summed E-state index contributed by atoms with van der Waals surface area (Å²) in [5, 5.41) is 16.6. The molecule has 1 aliphatic carbocycles. The van der Waals surface area contributed by atoms with Crippen LogP contribution in [0.15, 0.2) is 29.9 Å². The van der Waals surface area contributed by atoms with Gasteiger partial charge in [-0.15, -0.1) is 11.6 Å². The lowest BCUT2D eigenvalue weighted by molar-refractivity contribution is 0.170. The molecule has 9 heteroatoms. The van der Waals surface area contributed by atoms with Gasteiger partial charge in [0.1, 0.15) is 5.69 Å². The summed E-state index contributed by atoms with van der Waals surface area (Å²) in [6, 6.07) is 3.06. The Morgan fingerprint density at radius 2 is 1.97 bits per heavy atom. The van der Waals surface area contributed by atoms with E-state index >= 15 is 4.39 Å². The number of anilines is 1. The number of allylic oxidation sites excluding steroid dienone is 2. The number of nitrogens with zero attached hydrogens (tertiary/aromatic N) is 3. The van der Waals surface area contributed by atoms with Gasteiger partial charge in [0.25, 0.3) is 0 Å². The van der Waals surface area contributed by atoms with Crippen LogP contribution in [0, 0.1) is 5.82 Å². The zero-order valence-corrected chi connectivity index (χ0v) is 25.8. The molecule has 3 heterocycles. The Bertz CT molecular complexity index is 1330. The predicted octanol–water partition coefficient (Wildman–Crippen LogP) is 8.10. The van der Waals surface area contributed by atoms with Crippen LogP contribution in [-0.4, -0.2) is 35.2 Å². The summed E-state index contributed by atoms with van der Waals surface area (Å²) in [6.45, 7) is 16.9. The molecule has 3 atom stereocenters. The maximum absolute atomic E-state index is 15.6. The van der Waals surface area contributed by atoms with Crippen LogP contribution in [0.5, 0.6) is 0 Å². The largest absolute Gasteiger partial charge is 0.417 e. The molecule has 206 valence electrons. The number of rotatable bonds is 6. The Morgan fingerprint density at radius 1 is 1.26 bits per heavy atom. The van der Waals surface area contributed by atoms with Gasteiger partial charge in [0.2, 0.25) is 0 Å². The topological polar surface area (TPSA) is 50.5 Å². The maximum atomic E-state index is 15.6. The minimum Gasteiger partial charge on any atom is -0.417 e. The number of aromatic nitrogens is 2. The Labute approximate surface area is 236 Å². The molecule has 0 saturated heterocycles. The van der Waals surface area contributed by atoms with Crippen LogP contribution in [0.1, 0.15) is 88.2 Å². The molecule has 3 aliphatic rings. The highest BCUT2D eigenvalue weighted by molar-refractivity contribution is 6.74. The number of halogens is 3. The van der Waals surface area contributed by atoms with Gasteiger partial charge >= 0.3 is 0 Å². The molecule has 38 heavy (non-hydrogen) atoms. The van der Waals surface area contributed by atoms with Gasteiger partial charge in [-0.3, -0.25) is 4.68 Å². The van der Waals surface area contributed by atoms with Gasteiger partial charge in [0.05, 0.1) is 22.1 Å². The van der Waals surface area contributed by atoms with Crippen LogP contribution < -0.4 is 4.90 Å². The molecule has 0 amide bonds. The molecule has 5 nitrogen and oxygen atoms in total. The van der Waals surface area contributed by atoms with E-state index in [-0.39, 0.29) is 27.4 Å². The molecular formula is C29H38Cl2FN3O2Si. The number of hydrogen-bond donors (Lipinski definition) is 1. The first-order valence-electron chi connectivity index (χ1n) is 13.5. The van der Waals surface area contributed by atoms with E-state index in [0.29, 0.717) is 31.0 Å². The van der Waals surface area contributed by atoms with Crippen molar-refractivity contribution in [2.45, 2.75) is 95.7 Å². The molecule has 3 unspecified atom stereocenters. The third-order valence-electron chi connectivity index (χ3n) is 8.63. The summed E-state index contributed by atoms with van der Waals surface area (Å²) < 4.78 is 24.0. The summed E-state index contributed by atoms with van der Waals surface area (Å²) in [7, 11) is -1.83. The van der Waals surface area contributed by atoms with Crippen LogP contribution in [0.25, 0.3) is 5.57 Å². The lowest BCUT2D eigenvalue weighted by atomic mass is 9.81. The summed E-state index contributed by atoms with van der Waals surface area (Å²) in [5.41, 5.74) is 5.73. The van der Waals surface area contributed by atoms with E-state index in [2.05, 4.69) is 47.7 Å². The zero-order chi connectivity index (χ0) is 27.7. The second kappa shape index (κ2) is 9.77. The minimum atomic E-state index is -1.83. The van der Waals surface area contributed by atoms with Crippen molar-refractivity contribution in [2.75, 3.05) is 11.5 Å². The number of fused-ring (bicyclic) bond motifs is 7. The highest BCUT2D eigenvalue weighted by Gasteiger charge is 2.50. The Hall–Kier alpha value is -1.64. The molecule has 1 aromatic heterocycles. The van der Waals surface area contributed by atoms with Crippen molar-refractivity contribution in [3.63, 3.8) is 0 Å². The fraction of sp³-hybridized carbons (Fsp3) is 0.552. The van der Waals surface area contributed by atoms with Gasteiger partial charge in [-0.05, 0) is 54.1 Å². The molecule has 0 radical (unpaired) electrons. The van der Waals surface area contributed by atoms with E-state index < -0.39 is 20.4 Å². The first-order chi connectivity index (χ1) is 17.7. The van der Waals surface area contributed by atoms with Gasteiger partial charge in [-0.25, -0.2) is 4.39 Å². The number of benzene rings is 1. The van der Waals surface area contributed by atoms with Crippen molar-refractivity contribution < 1.29 is 13.9 Å². The van der Waals surface area contributed by atoms with Crippen LogP contribution in [0.3, 0.4) is 0 Å². The summed E-state index contributed by atoms with van der Waals surface area (Å²) in [4.78, 5) is 1.75. The van der Waals surface area contributed by atoms with Crippen molar-refractivity contribution in [3.8, 4) is 0 Å². The minimum absolute atomic E-state index is 0.0351. The molecule has 0 spiro atoms. The smallest absolute Gasteiger partial charge is 0.191 e. The highest BCUT2D eigenvalue weighted by Crippen LogP contribution is 2.58. The molecule has 0 bridgehead atoms. The van der Waals surface area contributed by atoms with Gasteiger partial charge in [0, 0.05) is 30.0 Å². The number of aliphatic hydroxyl groups excluding tert-OH is 1. The SMILES string of the molecule is CC(C)c1c2c(nn1CCCO[Si](C)(C)C(C)(C)C)C(O)N1c3c(ccc(Cl)c3F)C3=C(C=CC(Cl)C3)C21. The number of aliphatic hydroxyl groups is 1. The average Bonchev–Trinajstić information content (AvgIpc) is 3.33. The maximum Gasteiger partial charge on any atom is 0.191 e. The number of hydrogen-bond acceptors (Lipinski definition) is 4. The van der Waals surface area contributed by atoms with Gasteiger partial charge < -0.3 is 14.4 Å². The van der Waals surface area contributed by atoms with E-state index in [9.17, 15) is 5.11 Å². The Balaban J connectivity index is 1.54. The summed E-state index contributed by atoms with van der Waals surface area (Å²) >= 11 is 12.8. The molecular weight excluding hydrogens is 540 g/mol. The van der Waals surface area contributed by atoms with Crippen molar-refractivity contribution >= 4 is 42.8 Å². The molecule has 2 aliphatic heterocycles. The highest BCUT2D eigenvalue weighted by atomic mass is 35.5.